The number of nitrogens with zero attached hydrogens (tertiary/aromatic N) is 2. The zero-order valence-corrected chi connectivity index (χ0v) is 61.5. The second-order valence-electron chi connectivity index (χ2n) is 26.1. The van der Waals surface area contributed by atoms with Gasteiger partial charge in [-0.3, -0.25) is 0 Å². The Bertz CT molecular complexity index is 3460. The van der Waals surface area contributed by atoms with Gasteiger partial charge in [0.1, 0.15) is 36.1 Å². The summed E-state index contributed by atoms with van der Waals surface area (Å²) < 4.78 is 25.9. The summed E-state index contributed by atoms with van der Waals surface area (Å²) in [5.74, 6) is 3.48. The highest BCUT2D eigenvalue weighted by Gasteiger charge is 2.22. The number of benzene rings is 4. The first-order valence-corrected chi connectivity index (χ1v) is 35.4. The zero-order chi connectivity index (χ0) is 63.4. The van der Waals surface area contributed by atoms with Gasteiger partial charge in [0.25, 0.3) is 0 Å². The lowest BCUT2D eigenvalue weighted by Crippen LogP contribution is -3.11. The van der Waals surface area contributed by atoms with Crippen LogP contribution in [0.25, 0.3) is 90.9 Å². The number of quaternary nitrogens is 2. The van der Waals surface area contributed by atoms with Gasteiger partial charge in [-0.05, 0) is 139 Å². The number of aromatic nitrogens is 4. The van der Waals surface area contributed by atoms with Crippen molar-refractivity contribution in [3.63, 3.8) is 0 Å². The van der Waals surface area contributed by atoms with Crippen LogP contribution in [0.1, 0.15) is 198 Å². The highest BCUT2D eigenvalue weighted by atomic mass is 127. The maximum Gasteiger partial charge on any atom is 0.195 e. The minimum atomic E-state index is 0. The molecule has 0 radical (unpaired) electrons. The lowest BCUT2D eigenvalue weighted by Gasteiger charge is -2.22. The molecule has 0 unspecified atom stereocenters. The molecule has 3 aromatic heterocycles. The first kappa shape index (κ1) is 74.5. The van der Waals surface area contributed by atoms with Crippen LogP contribution in [0, 0.1) is 0 Å². The van der Waals surface area contributed by atoms with Gasteiger partial charge in [0.15, 0.2) is 6.10 Å². The number of hydrogen-bond donors (Lipinski definition) is 4. The summed E-state index contributed by atoms with van der Waals surface area (Å²) >= 11 is 0. The van der Waals surface area contributed by atoms with Crippen molar-refractivity contribution in [1.29, 1.82) is 0 Å². The van der Waals surface area contributed by atoms with Crippen molar-refractivity contribution < 1.29 is 76.7 Å². The van der Waals surface area contributed by atoms with Crippen LogP contribution in [0.4, 0.5) is 0 Å². The number of rotatable bonds is 40. The van der Waals surface area contributed by atoms with Gasteiger partial charge in [-0.25, -0.2) is 9.97 Å². The molecule has 500 valence electrons. The minimum absolute atomic E-state index is 0. The molecule has 10 nitrogen and oxygen atoms in total. The molecule has 0 saturated heterocycles. The average Bonchev–Trinajstić information content (AvgIpc) is 1.68. The van der Waals surface area contributed by atoms with Gasteiger partial charge in [-0.2, -0.15) is 0 Å². The van der Waals surface area contributed by atoms with Gasteiger partial charge in [-0.15, -0.1) is 0 Å². The Morgan fingerprint density at radius 3 is 0.796 bits per heavy atom. The molecular formula is C81H108I2N6O4. The monoisotopic (exact) mass is 1480 g/mol. The topological polar surface area (TPSA) is 103 Å². The van der Waals surface area contributed by atoms with Crippen LogP contribution >= 0.6 is 0 Å². The van der Waals surface area contributed by atoms with E-state index in [9.17, 15) is 0 Å². The van der Waals surface area contributed by atoms with Crippen molar-refractivity contribution in [3.8, 4) is 67.5 Å². The van der Waals surface area contributed by atoms with Crippen molar-refractivity contribution in [3.05, 3.63) is 144 Å². The van der Waals surface area contributed by atoms with Crippen LogP contribution in [-0.4, -0.2) is 87.1 Å². The van der Waals surface area contributed by atoms with E-state index < -0.39 is 0 Å². The van der Waals surface area contributed by atoms with E-state index in [4.69, 9.17) is 28.9 Å². The standard InChI is InChI=1S/C81H106N6O4.2HI/c1-8-11-14-17-20-23-26-29-56-88-65-40-32-61(33-41-65)78-70-48-50-72(82-70)79(62-34-42-66(43-35-62)89-57-30-27-24-21-18-15-12-9-2)74-52-54-76(84-74)81(64-38-46-68(47-39-64)91-69(59-86(4)5)60-87(6)7)77-55-53-75(85-77)80(73-51-49-71(78)83-73)63-36-44-67(45-37-63)90-58-31-28-25-22-19-16-13-10-3;;/h32-55,69,82,85H,8-31,56-60H2,1-7H3;2*1H. The third kappa shape index (κ3) is 22.9. The van der Waals surface area contributed by atoms with Crippen LogP contribution in [0.3, 0.4) is 0 Å². The maximum atomic E-state index is 6.73. The molecule has 0 amide bonds. The van der Waals surface area contributed by atoms with Crippen molar-refractivity contribution in [2.45, 2.75) is 181 Å². The molecule has 5 heterocycles. The van der Waals surface area contributed by atoms with Crippen LogP contribution in [-0.2, 0) is 0 Å². The fourth-order valence-corrected chi connectivity index (χ4v) is 12.8. The van der Waals surface area contributed by atoms with Crippen LogP contribution in [0.15, 0.2) is 121 Å². The van der Waals surface area contributed by atoms with Crippen molar-refractivity contribution in [2.24, 2.45) is 0 Å². The van der Waals surface area contributed by atoms with E-state index >= 15 is 0 Å². The fraction of sp³-hybridized carbons (Fsp3) is 0.457. The van der Waals surface area contributed by atoms with Crippen LogP contribution in [0.5, 0.6) is 23.0 Å². The summed E-state index contributed by atoms with van der Waals surface area (Å²) in [6.07, 6.45) is 39.1. The normalized spacial score (nSPS) is 11.8. The molecule has 4 aromatic carbocycles. The Labute approximate surface area is 592 Å². The summed E-state index contributed by atoms with van der Waals surface area (Å²) in [5, 5.41) is 0. The van der Waals surface area contributed by atoms with Crippen molar-refractivity contribution >= 4 is 46.4 Å². The van der Waals surface area contributed by atoms with Crippen molar-refractivity contribution in [1.82, 2.24) is 19.9 Å². The van der Waals surface area contributed by atoms with E-state index in [2.05, 4.69) is 205 Å². The Balaban J connectivity index is 0.00000613. The third-order valence-electron chi connectivity index (χ3n) is 17.7. The molecule has 0 atom stereocenters. The molecule has 12 heteroatoms. The zero-order valence-electron chi connectivity index (χ0n) is 57.2. The first-order valence-electron chi connectivity index (χ1n) is 35.4. The SMILES string of the molecule is CCCCCCCCCCOc1ccc(-c2c3nc(c(-c4ccc(OCCCCCCCCCC)cc4)c4ccc([nH]4)c(-c4ccc(OC(C[NH+](C)C)C[NH+](C)C)cc4)c4nc(c(-c5ccc(OCCCCCCCCCC)cc5)c5ccc2[nH]5)C=C4)C=C3)cc1.[I-].[I-]. The Kier molecular flexibility index (Phi) is 32.4. The Hall–Kier alpha value is -5.94. The summed E-state index contributed by atoms with van der Waals surface area (Å²) in [6, 6.07) is 43.2. The highest BCUT2D eigenvalue weighted by molar-refractivity contribution is 6.00. The first-order chi connectivity index (χ1) is 44.7. The number of aromatic amines is 2. The van der Waals surface area contributed by atoms with E-state index in [1.54, 1.807) is 0 Å². The van der Waals surface area contributed by atoms with Gasteiger partial charge in [-0.1, -0.05) is 204 Å². The second kappa shape index (κ2) is 40.5. The minimum Gasteiger partial charge on any atom is -1.00 e. The average molecular weight is 1480 g/mol. The molecule has 9 rings (SSSR count). The van der Waals surface area contributed by atoms with Crippen molar-refractivity contribution in [2.75, 3.05) is 61.1 Å². The number of fused-ring (bicyclic) bond motifs is 8. The molecule has 0 aliphatic carbocycles. The number of halogens is 2. The lowest BCUT2D eigenvalue weighted by molar-refractivity contribution is -0.884. The van der Waals surface area contributed by atoms with E-state index in [1.165, 1.54) is 145 Å². The van der Waals surface area contributed by atoms with Crippen LogP contribution in [0.2, 0.25) is 0 Å². The van der Waals surface area contributed by atoms with Gasteiger partial charge < -0.3 is 86.7 Å². The molecule has 8 bridgehead atoms. The molecule has 7 aromatic rings. The van der Waals surface area contributed by atoms with E-state index in [0.717, 1.165) is 145 Å². The Morgan fingerprint density at radius 1 is 0.312 bits per heavy atom. The quantitative estimate of drug-likeness (QED) is 0.0225. The lowest BCUT2D eigenvalue weighted by atomic mass is 10.0. The molecule has 0 saturated carbocycles. The number of H-pyrrole nitrogens is 2. The predicted molar refractivity (Wildman–Crippen MR) is 385 cm³/mol. The predicted octanol–water partition coefficient (Wildman–Crippen LogP) is 12.9. The number of hydrogen-bond acceptors (Lipinski definition) is 6. The molecule has 0 spiro atoms. The largest absolute Gasteiger partial charge is 1.00 e. The molecular weight excluding hydrogens is 1370 g/mol. The van der Waals surface area contributed by atoms with Gasteiger partial charge in [0, 0.05) is 44.3 Å². The van der Waals surface area contributed by atoms with Crippen LogP contribution < -0.4 is 76.7 Å². The smallest absolute Gasteiger partial charge is 0.195 e. The number of likely N-dealkylation sites (N-methyl/N-ethyl adjacent to an activating group) is 2. The van der Waals surface area contributed by atoms with Gasteiger partial charge in [0.2, 0.25) is 0 Å². The fourth-order valence-electron chi connectivity index (χ4n) is 12.8. The number of unbranched alkanes of at least 4 members (excludes halogenated alkanes) is 21. The van der Waals surface area contributed by atoms with E-state index in [-0.39, 0.29) is 54.1 Å². The number of ether oxygens (including phenoxy) is 4. The van der Waals surface area contributed by atoms with Gasteiger partial charge in [0.05, 0.1) is 70.8 Å². The maximum absolute atomic E-state index is 6.73. The molecule has 0 fully saturated rings. The molecule has 4 N–H and O–H groups in total. The number of nitrogens with one attached hydrogen (secondary N) is 4. The highest BCUT2D eigenvalue weighted by Crippen LogP contribution is 2.40. The third-order valence-corrected chi connectivity index (χ3v) is 17.7. The van der Waals surface area contributed by atoms with Gasteiger partial charge >= 0.3 is 0 Å². The summed E-state index contributed by atoms with van der Waals surface area (Å²) in [5.41, 5.74) is 15.3. The summed E-state index contributed by atoms with van der Waals surface area (Å²) in [7, 11) is 8.75. The summed E-state index contributed by atoms with van der Waals surface area (Å²) in [6.45, 7) is 10.8. The second-order valence-corrected chi connectivity index (χ2v) is 26.1. The van der Waals surface area contributed by atoms with E-state index in [1.807, 2.05) is 0 Å². The Morgan fingerprint density at radius 2 is 0.548 bits per heavy atom. The molecule has 2 aliphatic heterocycles. The van der Waals surface area contributed by atoms with E-state index in [0.29, 0.717) is 19.8 Å². The molecule has 93 heavy (non-hydrogen) atoms. The summed E-state index contributed by atoms with van der Waals surface area (Å²) in [4.78, 5) is 21.9. The molecule has 2 aliphatic rings.